The van der Waals surface area contributed by atoms with Crippen molar-refractivity contribution in [2.24, 2.45) is 0 Å². The van der Waals surface area contributed by atoms with Crippen LogP contribution in [0.1, 0.15) is 5.56 Å². The minimum atomic E-state index is -0.345. The summed E-state index contributed by atoms with van der Waals surface area (Å²) in [4.78, 5) is 11.4. The molecule has 0 unspecified atom stereocenters. The highest BCUT2D eigenvalue weighted by atomic mass is 35.5. The molecule has 0 saturated heterocycles. The van der Waals surface area contributed by atoms with Crippen molar-refractivity contribution in [3.05, 3.63) is 84.4 Å². The van der Waals surface area contributed by atoms with Gasteiger partial charge in [0.2, 0.25) is 5.24 Å². The summed E-state index contributed by atoms with van der Waals surface area (Å²) < 4.78 is 0. The highest BCUT2D eigenvalue weighted by molar-refractivity contribution is 6.63. The summed E-state index contributed by atoms with van der Waals surface area (Å²) in [5.74, 6) is 0. The fraction of sp³-hybridized carbons (Fsp3) is 0.0500. The molecule has 0 aliphatic carbocycles. The Balaban J connectivity index is 2.24. The lowest BCUT2D eigenvalue weighted by atomic mass is 9.89. The van der Waals surface area contributed by atoms with Crippen LogP contribution >= 0.6 is 11.6 Å². The van der Waals surface area contributed by atoms with E-state index in [1.165, 1.54) is 0 Å². The van der Waals surface area contributed by atoms with Gasteiger partial charge in [-0.15, -0.1) is 0 Å². The van der Waals surface area contributed by atoms with Crippen molar-refractivity contribution in [3.8, 4) is 22.3 Å². The van der Waals surface area contributed by atoms with Crippen molar-refractivity contribution < 1.29 is 4.79 Å². The van der Waals surface area contributed by atoms with Crippen molar-refractivity contribution in [3.63, 3.8) is 0 Å². The number of rotatable bonds is 4. The number of carbonyl (C=O) groups excluding carboxylic acids is 1. The zero-order valence-electron chi connectivity index (χ0n) is 12.0. The van der Waals surface area contributed by atoms with Crippen LogP contribution in [0, 0.1) is 0 Å². The van der Waals surface area contributed by atoms with E-state index >= 15 is 0 Å². The van der Waals surface area contributed by atoms with Gasteiger partial charge in [-0.3, -0.25) is 4.79 Å². The van der Waals surface area contributed by atoms with Gasteiger partial charge >= 0.3 is 0 Å². The Kier molecular flexibility index (Phi) is 4.36. The molecule has 108 valence electrons. The molecular weight excluding hydrogens is 292 g/mol. The normalized spacial score (nSPS) is 10.4. The zero-order valence-corrected chi connectivity index (χ0v) is 12.8. The number of benzene rings is 3. The maximum atomic E-state index is 11.4. The third-order valence-electron chi connectivity index (χ3n) is 3.63. The van der Waals surface area contributed by atoms with Crippen LogP contribution in [-0.4, -0.2) is 5.24 Å². The average molecular weight is 307 g/mol. The van der Waals surface area contributed by atoms with Crippen LogP contribution in [0.25, 0.3) is 22.3 Å². The van der Waals surface area contributed by atoms with Gasteiger partial charge in [0.05, 0.1) is 0 Å². The van der Waals surface area contributed by atoms with Gasteiger partial charge in [0.1, 0.15) is 0 Å². The highest BCUT2D eigenvalue weighted by Gasteiger charge is 2.13. The summed E-state index contributed by atoms with van der Waals surface area (Å²) in [7, 11) is 0. The minimum absolute atomic E-state index is 0.229. The Morgan fingerprint density at radius 2 is 1.32 bits per heavy atom. The maximum absolute atomic E-state index is 11.4. The predicted octanol–water partition coefficient (Wildman–Crippen LogP) is 5.33. The van der Waals surface area contributed by atoms with Crippen LogP contribution in [0.5, 0.6) is 0 Å². The molecule has 0 heterocycles. The molecular formula is C20H15ClO. The van der Waals surface area contributed by atoms with Crippen molar-refractivity contribution in [1.82, 2.24) is 0 Å². The predicted molar refractivity (Wildman–Crippen MR) is 91.9 cm³/mol. The second kappa shape index (κ2) is 6.59. The summed E-state index contributed by atoms with van der Waals surface area (Å²) in [6, 6.07) is 26.3. The molecule has 0 fully saturated rings. The molecule has 3 aromatic rings. The van der Waals surface area contributed by atoms with Gasteiger partial charge in [0.15, 0.2) is 0 Å². The maximum Gasteiger partial charge on any atom is 0.226 e. The third-order valence-corrected chi connectivity index (χ3v) is 3.76. The molecule has 0 spiro atoms. The highest BCUT2D eigenvalue weighted by Crippen LogP contribution is 2.35. The first kappa shape index (κ1) is 14.6. The number of hydrogen-bond donors (Lipinski definition) is 0. The molecule has 3 rings (SSSR count). The largest absolute Gasteiger partial charge is 0.281 e. The molecule has 0 N–H and O–H groups in total. The molecule has 0 atom stereocenters. The summed E-state index contributed by atoms with van der Waals surface area (Å²) in [5.41, 5.74) is 5.36. The SMILES string of the molecule is O=C(Cl)Cc1cccc(-c2ccccc2)c1-c1ccccc1. The molecule has 1 nitrogen and oxygen atoms in total. The standard InChI is InChI=1S/C20H15ClO/c21-19(22)14-17-12-7-13-18(15-8-3-1-4-9-15)20(17)16-10-5-2-6-11-16/h1-13H,14H2. The van der Waals surface area contributed by atoms with Crippen molar-refractivity contribution in [2.75, 3.05) is 0 Å². The molecule has 0 bridgehead atoms. The minimum Gasteiger partial charge on any atom is -0.281 e. The lowest BCUT2D eigenvalue weighted by Gasteiger charge is -2.15. The van der Waals surface area contributed by atoms with E-state index < -0.39 is 0 Å². The van der Waals surface area contributed by atoms with Gasteiger partial charge < -0.3 is 0 Å². The van der Waals surface area contributed by atoms with Gasteiger partial charge in [0.25, 0.3) is 0 Å². The van der Waals surface area contributed by atoms with E-state index in [2.05, 4.69) is 30.3 Å². The van der Waals surface area contributed by atoms with Gasteiger partial charge in [-0.1, -0.05) is 78.9 Å². The van der Waals surface area contributed by atoms with E-state index in [4.69, 9.17) is 11.6 Å². The quantitative estimate of drug-likeness (QED) is 0.595. The molecule has 0 amide bonds. The van der Waals surface area contributed by atoms with Gasteiger partial charge in [-0.2, -0.15) is 0 Å². The van der Waals surface area contributed by atoms with Gasteiger partial charge in [0, 0.05) is 6.42 Å². The van der Waals surface area contributed by atoms with E-state index in [-0.39, 0.29) is 11.7 Å². The van der Waals surface area contributed by atoms with Crippen LogP contribution in [0.15, 0.2) is 78.9 Å². The molecule has 22 heavy (non-hydrogen) atoms. The summed E-state index contributed by atoms with van der Waals surface area (Å²) in [6.07, 6.45) is 0.229. The van der Waals surface area contributed by atoms with Crippen LogP contribution in [0.2, 0.25) is 0 Å². The summed E-state index contributed by atoms with van der Waals surface area (Å²) >= 11 is 5.63. The first-order valence-electron chi connectivity index (χ1n) is 7.17. The van der Waals surface area contributed by atoms with Crippen LogP contribution in [0.4, 0.5) is 0 Å². The van der Waals surface area contributed by atoms with E-state index in [9.17, 15) is 4.79 Å². The number of halogens is 1. The van der Waals surface area contributed by atoms with E-state index in [0.29, 0.717) is 0 Å². The fourth-order valence-corrected chi connectivity index (χ4v) is 2.85. The molecule has 0 aromatic heterocycles. The molecule has 0 radical (unpaired) electrons. The number of hydrogen-bond acceptors (Lipinski definition) is 1. The van der Waals surface area contributed by atoms with Crippen LogP contribution < -0.4 is 0 Å². The molecule has 0 aliphatic rings. The fourth-order valence-electron chi connectivity index (χ4n) is 2.70. The summed E-state index contributed by atoms with van der Waals surface area (Å²) in [6.45, 7) is 0. The van der Waals surface area contributed by atoms with Crippen molar-refractivity contribution >= 4 is 16.8 Å². The summed E-state index contributed by atoms with van der Waals surface area (Å²) in [5, 5.41) is -0.345. The first-order valence-corrected chi connectivity index (χ1v) is 7.54. The molecule has 3 aromatic carbocycles. The average Bonchev–Trinajstić information content (AvgIpc) is 2.56. The topological polar surface area (TPSA) is 17.1 Å². The second-order valence-corrected chi connectivity index (χ2v) is 5.53. The van der Waals surface area contributed by atoms with E-state index in [0.717, 1.165) is 27.8 Å². The smallest absolute Gasteiger partial charge is 0.226 e. The molecule has 0 aliphatic heterocycles. The lowest BCUT2D eigenvalue weighted by Crippen LogP contribution is -1.98. The Labute approximate surface area is 135 Å². The van der Waals surface area contributed by atoms with Crippen molar-refractivity contribution in [2.45, 2.75) is 6.42 Å². The monoisotopic (exact) mass is 306 g/mol. The van der Waals surface area contributed by atoms with Crippen molar-refractivity contribution in [1.29, 1.82) is 0 Å². The Morgan fingerprint density at radius 1 is 0.727 bits per heavy atom. The molecule has 2 heteroatoms. The zero-order chi connectivity index (χ0) is 15.4. The van der Waals surface area contributed by atoms with E-state index in [1.807, 2.05) is 48.5 Å². The first-order chi connectivity index (χ1) is 10.8. The second-order valence-electron chi connectivity index (χ2n) is 5.10. The van der Waals surface area contributed by atoms with Crippen LogP contribution in [0.3, 0.4) is 0 Å². The third kappa shape index (κ3) is 3.10. The Morgan fingerprint density at radius 3 is 1.91 bits per heavy atom. The van der Waals surface area contributed by atoms with Gasteiger partial charge in [-0.05, 0) is 39.4 Å². The number of carbonyl (C=O) groups is 1. The lowest BCUT2D eigenvalue weighted by molar-refractivity contribution is -0.111. The Hall–Kier alpha value is -2.38. The van der Waals surface area contributed by atoms with Crippen LogP contribution in [-0.2, 0) is 11.2 Å². The van der Waals surface area contributed by atoms with E-state index in [1.54, 1.807) is 0 Å². The molecule has 0 saturated carbocycles. The van der Waals surface area contributed by atoms with Gasteiger partial charge in [-0.25, -0.2) is 0 Å². The Bertz CT molecular complexity index is 779.